The van der Waals surface area contributed by atoms with Crippen LogP contribution in [0.2, 0.25) is 0 Å². The zero-order valence-electron chi connectivity index (χ0n) is 16.5. The molecule has 0 unspecified atom stereocenters. The van der Waals surface area contributed by atoms with Gasteiger partial charge in [0.05, 0.1) is 24.0 Å². The second-order valence-electron chi connectivity index (χ2n) is 6.46. The lowest BCUT2D eigenvalue weighted by atomic mass is 10.1. The second-order valence-corrected chi connectivity index (χ2v) is 8.36. The molecular weight excluding hydrogens is 436 g/mol. The van der Waals surface area contributed by atoms with Crippen LogP contribution in [0.4, 0.5) is 5.13 Å². The van der Waals surface area contributed by atoms with Gasteiger partial charge in [0.1, 0.15) is 9.71 Å². The molecular formula is C21H18N4O4S2. The third-order valence-corrected chi connectivity index (χ3v) is 6.18. The van der Waals surface area contributed by atoms with Crippen LogP contribution < -0.4 is 10.9 Å². The van der Waals surface area contributed by atoms with E-state index in [9.17, 15) is 14.4 Å². The summed E-state index contributed by atoms with van der Waals surface area (Å²) in [6, 6.07) is 11.0. The predicted molar refractivity (Wildman–Crippen MR) is 121 cm³/mol. The number of aryl methyl sites for hydroxylation is 1. The maximum absolute atomic E-state index is 12.5. The Morgan fingerprint density at radius 3 is 2.77 bits per heavy atom. The quantitative estimate of drug-likeness (QED) is 0.426. The van der Waals surface area contributed by atoms with Crippen LogP contribution in [-0.4, -0.2) is 33.0 Å². The van der Waals surface area contributed by atoms with Crippen LogP contribution in [0.3, 0.4) is 0 Å². The summed E-state index contributed by atoms with van der Waals surface area (Å²) in [6.07, 6.45) is 1.51. The van der Waals surface area contributed by atoms with Gasteiger partial charge < -0.3 is 10.1 Å². The van der Waals surface area contributed by atoms with E-state index in [1.54, 1.807) is 13.0 Å². The van der Waals surface area contributed by atoms with Crippen molar-refractivity contribution in [2.24, 2.45) is 0 Å². The minimum absolute atomic E-state index is 0.0617. The molecule has 1 aromatic carbocycles. The van der Waals surface area contributed by atoms with E-state index in [1.807, 2.05) is 35.7 Å². The average Bonchev–Trinajstić information content (AvgIpc) is 3.42. The smallest absolute Gasteiger partial charge is 0.350 e. The molecule has 31 heavy (non-hydrogen) atoms. The van der Waals surface area contributed by atoms with Gasteiger partial charge in [-0.1, -0.05) is 41.7 Å². The highest BCUT2D eigenvalue weighted by Crippen LogP contribution is 2.31. The summed E-state index contributed by atoms with van der Waals surface area (Å²) in [4.78, 5) is 46.9. The predicted octanol–water partition coefficient (Wildman–Crippen LogP) is 3.79. The van der Waals surface area contributed by atoms with Gasteiger partial charge in [-0.25, -0.2) is 14.8 Å². The number of amides is 1. The van der Waals surface area contributed by atoms with Crippen LogP contribution in [0.5, 0.6) is 0 Å². The summed E-state index contributed by atoms with van der Waals surface area (Å²) in [7, 11) is 0. The highest BCUT2D eigenvalue weighted by molar-refractivity contribution is 7.18. The number of aromatic nitrogens is 3. The van der Waals surface area contributed by atoms with E-state index in [0.717, 1.165) is 16.9 Å². The summed E-state index contributed by atoms with van der Waals surface area (Å²) in [5, 5.41) is 5.37. The van der Waals surface area contributed by atoms with Crippen molar-refractivity contribution in [1.29, 1.82) is 0 Å². The molecule has 0 radical (unpaired) electrons. The molecule has 158 valence electrons. The number of fused-ring (bicyclic) bond motifs is 1. The zero-order valence-corrected chi connectivity index (χ0v) is 18.2. The first-order valence-corrected chi connectivity index (χ1v) is 11.2. The lowest BCUT2D eigenvalue weighted by Gasteiger charge is -2.05. The number of rotatable bonds is 7. The molecule has 3 aromatic heterocycles. The van der Waals surface area contributed by atoms with Gasteiger partial charge in [0.2, 0.25) is 5.91 Å². The van der Waals surface area contributed by atoms with Gasteiger partial charge in [-0.05, 0) is 18.4 Å². The second kappa shape index (κ2) is 9.19. The van der Waals surface area contributed by atoms with Gasteiger partial charge in [0, 0.05) is 18.5 Å². The first kappa shape index (κ1) is 20.9. The van der Waals surface area contributed by atoms with Crippen molar-refractivity contribution in [2.45, 2.75) is 19.9 Å². The number of thiazole rings is 1. The standard InChI is InChI=1S/C21H18N4O4S2/c1-2-29-20(28)17-16(13-6-4-3-5-7-13)24-21(31-17)23-15(26)8-10-25-12-22-18-14(19(25)27)9-11-30-18/h3-7,9,11-12H,2,8,10H2,1H3,(H,23,24,26). The van der Waals surface area contributed by atoms with Crippen LogP contribution >= 0.6 is 22.7 Å². The summed E-state index contributed by atoms with van der Waals surface area (Å²) in [5.41, 5.74) is 1.04. The number of nitrogens with one attached hydrogen (secondary N) is 1. The molecule has 4 rings (SSSR count). The molecule has 0 aliphatic rings. The largest absolute Gasteiger partial charge is 0.462 e. The Kier molecular flexibility index (Phi) is 6.19. The minimum Gasteiger partial charge on any atom is -0.462 e. The van der Waals surface area contributed by atoms with Crippen LogP contribution in [0.1, 0.15) is 23.0 Å². The highest BCUT2D eigenvalue weighted by atomic mass is 32.1. The number of esters is 1. The summed E-state index contributed by atoms with van der Waals surface area (Å²) >= 11 is 2.46. The van der Waals surface area contributed by atoms with Crippen LogP contribution in [0.25, 0.3) is 21.5 Å². The van der Waals surface area contributed by atoms with Crippen molar-refractivity contribution in [1.82, 2.24) is 14.5 Å². The van der Waals surface area contributed by atoms with E-state index >= 15 is 0 Å². The van der Waals surface area contributed by atoms with Crippen LogP contribution in [-0.2, 0) is 16.1 Å². The van der Waals surface area contributed by atoms with Gasteiger partial charge in [0.25, 0.3) is 5.56 Å². The molecule has 0 bridgehead atoms. The van der Waals surface area contributed by atoms with Crippen LogP contribution in [0.15, 0.2) is 52.9 Å². The van der Waals surface area contributed by atoms with Gasteiger partial charge in [-0.15, -0.1) is 11.3 Å². The van der Waals surface area contributed by atoms with Gasteiger partial charge in [0.15, 0.2) is 5.13 Å². The third kappa shape index (κ3) is 4.54. The molecule has 3 heterocycles. The molecule has 8 nitrogen and oxygen atoms in total. The first-order chi connectivity index (χ1) is 15.1. The fraction of sp³-hybridized carbons (Fsp3) is 0.190. The molecule has 10 heteroatoms. The molecule has 0 atom stereocenters. The molecule has 1 amide bonds. The number of hydrogen-bond acceptors (Lipinski definition) is 8. The number of thiophene rings is 1. The van der Waals surface area contributed by atoms with E-state index in [2.05, 4.69) is 15.3 Å². The summed E-state index contributed by atoms with van der Waals surface area (Å²) < 4.78 is 6.54. The van der Waals surface area contributed by atoms with Crippen molar-refractivity contribution in [3.05, 3.63) is 63.3 Å². The molecule has 0 saturated heterocycles. The Balaban J connectivity index is 1.50. The number of benzene rings is 1. The number of nitrogens with zero attached hydrogens (tertiary/aromatic N) is 3. The molecule has 0 aliphatic heterocycles. The fourth-order valence-electron chi connectivity index (χ4n) is 2.96. The number of hydrogen-bond donors (Lipinski definition) is 1. The van der Waals surface area contributed by atoms with E-state index in [4.69, 9.17) is 4.74 Å². The number of carbonyl (C=O) groups is 2. The van der Waals surface area contributed by atoms with Crippen molar-refractivity contribution >= 4 is 49.9 Å². The Morgan fingerprint density at radius 2 is 2.00 bits per heavy atom. The van der Waals surface area contributed by atoms with E-state index in [0.29, 0.717) is 25.9 Å². The third-order valence-electron chi connectivity index (χ3n) is 4.41. The van der Waals surface area contributed by atoms with E-state index < -0.39 is 5.97 Å². The molecule has 0 saturated carbocycles. The first-order valence-electron chi connectivity index (χ1n) is 9.52. The lowest BCUT2D eigenvalue weighted by Crippen LogP contribution is -2.23. The molecule has 0 spiro atoms. The monoisotopic (exact) mass is 454 g/mol. The normalized spacial score (nSPS) is 10.9. The van der Waals surface area contributed by atoms with Gasteiger partial charge >= 0.3 is 5.97 Å². The lowest BCUT2D eigenvalue weighted by molar-refractivity contribution is -0.116. The average molecular weight is 455 g/mol. The maximum Gasteiger partial charge on any atom is 0.350 e. The van der Waals surface area contributed by atoms with Crippen molar-refractivity contribution in [3.8, 4) is 11.3 Å². The van der Waals surface area contributed by atoms with Crippen molar-refractivity contribution in [3.63, 3.8) is 0 Å². The number of ether oxygens (including phenoxy) is 1. The molecule has 1 N–H and O–H groups in total. The minimum atomic E-state index is -0.485. The number of carbonyl (C=O) groups excluding carboxylic acids is 2. The topological polar surface area (TPSA) is 103 Å². The Morgan fingerprint density at radius 1 is 1.19 bits per heavy atom. The molecule has 0 aliphatic carbocycles. The van der Waals surface area contributed by atoms with Crippen molar-refractivity contribution < 1.29 is 14.3 Å². The van der Waals surface area contributed by atoms with Crippen LogP contribution in [0, 0.1) is 0 Å². The zero-order chi connectivity index (χ0) is 21.8. The fourth-order valence-corrected chi connectivity index (χ4v) is 4.58. The molecule has 0 fully saturated rings. The van der Waals surface area contributed by atoms with Gasteiger partial charge in [-0.2, -0.15) is 0 Å². The summed E-state index contributed by atoms with van der Waals surface area (Å²) in [6.45, 7) is 2.16. The maximum atomic E-state index is 12.5. The Bertz CT molecular complexity index is 1290. The number of anilines is 1. The highest BCUT2D eigenvalue weighted by Gasteiger charge is 2.21. The Hall–Kier alpha value is -3.37. The summed E-state index contributed by atoms with van der Waals surface area (Å²) in [5.74, 6) is -0.804. The SMILES string of the molecule is CCOC(=O)c1sc(NC(=O)CCn2cnc3sccc3c2=O)nc1-c1ccccc1. The van der Waals surface area contributed by atoms with Gasteiger partial charge in [-0.3, -0.25) is 14.2 Å². The van der Waals surface area contributed by atoms with E-state index in [-0.39, 0.29) is 31.0 Å². The van der Waals surface area contributed by atoms with E-state index in [1.165, 1.54) is 22.2 Å². The Labute approximate surface area is 185 Å². The molecule has 4 aromatic rings. The van der Waals surface area contributed by atoms with Crippen molar-refractivity contribution in [2.75, 3.05) is 11.9 Å².